The van der Waals surface area contributed by atoms with Crippen LogP contribution < -0.4 is 0 Å². The van der Waals surface area contributed by atoms with Crippen LogP contribution in [-0.2, 0) is 0 Å². The second kappa shape index (κ2) is 4.00. The summed E-state index contributed by atoms with van der Waals surface area (Å²) < 4.78 is 0. The first-order chi connectivity index (χ1) is 9.39. The van der Waals surface area contributed by atoms with Gasteiger partial charge in [0.15, 0.2) is 0 Å². The van der Waals surface area contributed by atoms with Crippen molar-refractivity contribution in [2.45, 2.75) is 85.7 Å². The lowest BCUT2D eigenvalue weighted by Crippen LogP contribution is -2.38. The van der Waals surface area contributed by atoms with Gasteiger partial charge in [-0.15, -0.1) is 0 Å². The fraction of sp³-hybridized carbons (Fsp3) is 0.895. The standard InChI is InChI=1S/C19H34N2/c1-16(2)12-18(5,6)20-10-9-11-21-15(14(16)20)17(3,4)13-19(21,7)8/h9-13H2,1-8H3. The zero-order chi connectivity index (χ0) is 15.8. The molecular weight excluding hydrogens is 256 g/mol. The summed E-state index contributed by atoms with van der Waals surface area (Å²) in [4.78, 5) is 5.51. The van der Waals surface area contributed by atoms with Crippen molar-refractivity contribution in [3.8, 4) is 0 Å². The van der Waals surface area contributed by atoms with E-state index in [0.29, 0.717) is 21.9 Å². The molecule has 0 saturated carbocycles. The Kier molecular flexibility index (Phi) is 2.90. The number of hydrogen-bond acceptors (Lipinski definition) is 2. The highest BCUT2D eigenvalue weighted by Crippen LogP contribution is 2.58. The van der Waals surface area contributed by atoms with Gasteiger partial charge in [-0.25, -0.2) is 0 Å². The minimum Gasteiger partial charge on any atom is -0.368 e. The Labute approximate surface area is 131 Å². The molecule has 0 aromatic rings. The van der Waals surface area contributed by atoms with Gasteiger partial charge in [-0.3, -0.25) is 0 Å². The molecule has 2 fully saturated rings. The molecule has 0 aliphatic carbocycles. The van der Waals surface area contributed by atoms with Gasteiger partial charge >= 0.3 is 0 Å². The van der Waals surface area contributed by atoms with Crippen molar-refractivity contribution in [3.63, 3.8) is 0 Å². The first-order valence-electron chi connectivity index (χ1n) is 8.69. The van der Waals surface area contributed by atoms with Crippen molar-refractivity contribution in [2.75, 3.05) is 13.1 Å². The molecule has 2 heteroatoms. The average molecular weight is 290 g/mol. The largest absolute Gasteiger partial charge is 0.368 e. The van der Waals surface area contributed by atoms with Crippen LogP contribution in [0.3, 0.4) is 0 Å². The van der Waals surface area contributed by atoms with Crippen molar-refractivity contribution in [3.05, 3.63) is 11.4 Å². The summed E-state index contributed by atoms with van der Waals surface area (Å²) in [6, 6.07) is 0. The summed E-state index contributed by atoms with van der Waals surface area (Å²) in [6.45, 7) is 22.0. The molecule has 0 N–H and O–H groups in total. The van der Waals surface area contributed by atoms with Gasteiger partial charge < -0.3 is 9.80 Å². The molecule has 21 heavy (non-hydrogen) atoms. The van der Waals surface area contributed by atoms with Crippen molar-refractivity contribution < 1.29 is 0 Å². The molecule has 0 aromatic heterocycles. The zero-order valence-corrected chi connectivity index (χ0v) is 15.4. The van der Waals surface area contributed by atoms with Crippen LogP contribution in [0, 0.1) is 10.8 Å². The van der Waals surface area contributed by atoms with E-state index in [1.54, 1.807) is 11.4 Å². The lowest BCUT2D eigenvalue weighted by atomic mass is 9.78. The number of allylic oxidation sites excluding steroid dienone is 2. The predicted molar refractivity (Wildman–Crippen MR) is 90.0 cm³/mol. The molecule has 0 aromatic carbocycles. The van der Waals surface area contributed by atoms with E-state index in [4.69, 9.17) is 0 Å². The minimum absolute atomic E-state index is 0.291. The molecule has 3 aliphatic heterocycles. The van der Waals surface area contributed by atoms with Gasteiger partial charge in [-0.2, -0.15) is 0 Å². The second-order valence-corrected chi connectivity index (χ2v) is 10.1. The highest BCUT2D eigenvalue weighted by molar-refractivity contribution is 5.35. The minimum atomic E-state index is 0.291. The predicted octanol–water partition coefficient (Wildman–Crippen LogP) is 4.62. The van der Waals surface area contributed by atoms with Crippen LogP contribution in [0.2, 0.25) is 0 Å². The molecule has 0 atom stereocenters. The number of rotatable bonds is 0. The molecule has 3 rings (SSSR count). The van der Waals surface area contributed by atoms with Gasteiger partial charge in [-0.05, 0) is 47.0 Å². The third-order valence-electron chi connectivity index (χ3n) is 6.02. The van der Waals surface area contributed by atoms with Gasteiger partial charge in [0, 0.05) is 46.4 Å². The van der Waals surface area contributed by atoms with E-state index in [0.717, 1.165) is 0 Å². The summed E-state index contributed by atoms with van der Waals surface area (Å²) >= 11 is 0. The quantitative estimate of drug-likeness (QED) is 0.642. The summed E-state index contributed by atoms with van der Waals surface area (Å²) in [7, 11) is 0. The Balaban J connectivity index is 2.26. The van der Waals surface area contributed by atoms with Crippen molar-refractivity contribution in [1.29, 1.82) is 0 Å². The number of hydrogen-bond donors (Lipinski definition) is 0. The first kappa shape index (κ1) is 15.2. The molecule has 0 bridgehead atoms. The molecule has 120 valence electrons. The van der Waals surface area contributed by atoms with E-state index >= 15 is 0 Å². The molecule has 2 nitrogen and oxygen atoms in total. The maximum Gasteiger partial charge on any atom is 0.0396 e. The van der Waals surface area contributed by atoms with Crippen LogP contribution in [0.15, 0.2) is 11.4 Å². The molecule has 0 unspecified atom stereocenters. The van der Waals surface area contributed by atoms with Gasteiger partial charge in [0.05, 0.1) is 0 Å². The number of fused-ring (bicyclic) bond motifs is 2. The SMILES string of the molecule is CC1(C)CC(C)(C)N2CCCN3C(=C21)C(C)(C)CC3(C)C. The maximum atomic E-state index is 2.76. The van der Waals surface area contributed by atoms with Crippen molar-refractivity contribution in [2.24, 2.45) is 10.8 Å². The lowest BCUT2D eigenvalue weighted by molar-refractivity contribution is 0.188. The Hall–Kier alpha value is -0.660. The maximum absolute atomic E-state index is 2.76. The monoisotopic (exact) mass is 290 g/mol. The molecule has 3 heterocycles. The van der Waals surface area contributed by atoms with Crippen LogP contribution in [0.5, 0.6) is 0 Å². The smallest absolute Gasteiger partial charge is 0.0396 e. The summed E-state index contributed by atoms with van der Waals surface area (Å²) in [5.74, 6) is 0. The fourth-order valence-electron chi connectivity index (χ4n) is 5.97. The Bertz CT molecular complexity index is 450. The van der Waals surface area contributed by atoms with Crippen LogP contribution in [0.4, 0.5) is 0 Å². The van der Waals surface area contributed by atoms with Gasteiger partial charge in [-0.1, -0.05) is 27.7 Å². The second-order valence-electron chi connectivity index (χ2n) is 10.1. The third-order valence-corrected chi connectivity index (χ3v) is 6.02. The van der Waals surface area contributed by atoms with Gasteiger partial charge in [0.1, 0.15) is 0 Å². The molecule has 0 radical (unpaired) electrons. The topological polar surface area (TPSA) is 6.48 Å². The van der Waals surface area contributed by atoms with E-state index in [1.807, 2.05) is 0 Å². The van der Waals surface area contributed by atoms with E-state index in [-0.39, 0.29) is 0 Å². The van der Waals surface area contributed by atoms with Crippen LogP contribution in [0.25, 0.3) is 0 Å². The van der Waals surface area contributed by atoms with E-state index in [2.05, 4.69) is 65.2 Å². The Morgan fingerprint density at radius 1 is 0.619 bits per heavy atom. The molecule has 2 saturated heterocycles. The summed E-state index contributed by atoms with van der Waals surface area (Å²) in [5.41, 5.74) is 4.48. The zero-order valence-electron chi connectivity index (χ0n) is 15.4. The number of nitrogens with zero attached hydrogens (tertiary/aromatic N) is 2. The Morgan fingerprint density at radius 3 is 1.29 bits per heavy atom. The van der Waals surface area contributed by atoms with Crippen LogP contribution in [-0.4, -0.2) is 34.0 Å². The van der Waals surface area contributed by atoms with E-state index in [1.165, 1.54) is 32.4 Å². The molecule has 0 spiro atoms. The van der Waals surface area contributed by atoms with E-state index < -0.39 is 0 Å². The van der Waals surface area contributed by atoms with Gasteiger partial charge in [0.2, 0.25) is 0 Å². The normalized spacial score (nSPS) is 32.0. The van der Waals surface area contributed by atoms with Crippen molar-refractivity contribution in [1.82, 2.24) is 9.80 Å². The summed E-state index contributed by atoms with van der Waals surface area (Å²) in [5, 5.41) is 0. The lowest BCUT2D eigenvalue weighted by Gasteiger charge is -2.38. The van der Waals surface area contributed by atoms with E-state index in [9.17, 15) is 0 Å². The van der Waals surface area contributed by atoms with Gasteiger partial charge in [0.25, 0.3) is 0 Å². The molecule has 3 aliphatic rings. The Morgan fingerprint density at radius 2 is 0.952 bits per heavy atom. The first-order valence-corrected chi connectivity index (χ1v) is 8.69. The van der Waals surface area contributed by atoms with Crippen molar-refractivity contribution >= 4 is 0 Å². The highest BCUT2D eigenvalue weighted by atomic mass is 15.3. The fourth-order valence-corrected chi connectivity index (χ4v) is 5.97. The van der Waals surface area contributed by atoms with Crippen LogP contribution in [0.1, 0.15) is 74.7 Å². The van der Waals surface area contributed by atoms with Crippen LogP contribution >= 0.6 is 0 Å². The third kappa shape index (κ3) is 2.04. The average Bonchev–Trinajstić information content (AvgIpc) is 2.51. The highest BCUT2D eigenvalue weighted by Gasteiger charge is 2.55. The molecule has 0 amide bonds. The summed E-state index contributed by atoms with van der Waals surface area (Å²) in [6.07, 6.45) is 3.82. The molecular formula is C19H34N2.